The summed E-state index contributed by atoms with van der Waals surface area (Å²) in [7, 11) is 3.95. The van der Waals surface area contributed by atoms with Gasteiger partial charge < -0.3 is 9.88 Å². The first-order chi connectivity index (χ1) is 7.25. The van der Waals surface area contributed by atoms with Crippen molar-refractivity contribution < 1.29 is 0 Å². The normalized spacial score (nSPS) is 15.9. The van der Waals surface area contributed by atoms with Crippen LogP contribution in [0.3, 0.4) is 0 Å². The van der Waals surface area contributed by atoms with Crippen molar-refractivity contribution in [1.29, 1.82) is 0 Å². The Labute approximate surface area is 88.3 Å². The molecule has 78 valence electrons. The third kappa shape index (κ3) is 1.37. The number of H-pyrrole nitrogens is 1. The molecule has 4 nitrogen and oxygen atoms in total. The molecule has 1 N–H and O–H groups in total. The molecule has 0 spiro atoms. The molecule has 15 heavy (non-hydrogen) atoms. The van der Waals surface area contributed by atoms with Gasteiger partial charge in [-0.05, 0) is 18.9 Å². The monoisotopic (exact) mass is 202 g/mol. The number of fused-ring (bicyclic) bond motifs is 1. The molecule has 1 saturated carbocycles. The van der Waals surface area contributed by atoms with Crippen LogP contribution in [0.1, 0.15) is 24.5 Å². The van der Waals surface area contributed by atoms with Crippen LogP contribution in [0.5, 0.6) is 0 Å². The van der Waals surface area contributed by atoms with E-state index in [4.69, 9.17) is 0 Å². The Kier molecular flexibility index (Phi) is 1.71. The lowest BCUT2D eigenvalue weighted by Gasteiger charge is -2.11. The summed E-state index contributed by atoms with van der Waals surface area (Å²) in [6, 6.07) is 2.01. The molecule has 1 aliphatic carbocycles. The van der Waals surface area contributed by atoms with Crippen molar-refractivity contribution in [2.45, 2.75) is 18.8 Å². The number of hydrogen-bond donors (Lipinski definition) is 1. The topological polar surface area (TPSA) is 44.8 Å². The maximum Gasteiger partial charge on any atom is 0.225 e. The Morgan fingerprint density at radius 1 is 1.33 bits per heavy atom. The molecular weight excluding hydrogens is 188 g/mol. The van der Waals surface area contributed by atoms with Crippen LogP contribution in [0.4, 0.5) is 5.95 Å². The van der Waals surface area contributed by atoms with Gasteiger partial charge in [0.2, 0.25) is 5.95 Å². The lowest BCUT2D eigenvalue weighted by atomic mass is 10.2. The minimum Gasteiger partial charge on any atom is -0.358 e. The fourth-order valence-electron chi connectivity index (χ4n) is 1.81. The van der Waals surface area contributed by atoms with Crippen molar-refractivity contribution in [3.05, 3.63) is 18.0 Å². The number of rotatable bonds is 2. The second kappa shape index (κ2) is 2.95. The van der Waals surface area contributed by atoms with E-state index in [2.05, 4.69) is 15.0 Å². The Balaban J connectivity index is 2.24. The fourth-order valence-corrected chi connectivity index (χ4v) is 1.81. The van der Waals surface area contributed by atoms with Crippen molar-refractivity contribution in [2.75, 3.05) is 19.0 Å². The Morgan fingerprint density at radius 2 is 2.13 bits per heavy atom. The molecule has 1 fully saturated rings. The first-order valence-electron chi connectivity index (χ1n) is 5.28. The van der Waals surface area contributed by atoms with Gasteiger partial charge in [-0.15, -0.1) is 0 Å². The summed E-state index contributed by atoms with van der Waals surface area (Å²) in [5, 5.41) is 0. The lowest BCUT2D eigenvalue weighted by Crippen LogP contribution is -2.13. The molecular formula is C11H14N4. The number of nitrogens with zero attached hydrogens (tertiary/aromatic N) is 3. The summed E-state index contributed by atoms with van der Waals surface area (Å²) >= 11 is 0. The minimum atomic E-state index is 0.646. The maximum absolute atomic E-state index is 4.62. The SMILES string of the molecule is CN(C)c1nc(C2CC2)c2[nH]ccc2n1. The summed E-state index contributed by atoms with van der Waals surface area (Å²) in [5.74, 6) is 1.46. The van der Waals surface area contributed by atoms with Crippen LogP contribution in [0.2, 0.25) is 0 Å². The summed E-state index contributed by atoms with van der Waals surface area (Å²) in [6.07, 6.45) is 4.46. The smallest absolute Gasteiger partial charge is 0.225 e. The van der Waals surface area contributed by atoms with Crippen LogP contribution in [-0.2, 0) is 0 Å². The Morgan fingerprint density at radius 3 is 2.80 bits per heavy atom. The van der Waals surface area contributed by atoms with Crippen LogP contribution < -0.4 is 4.90 Å². The first-order valence-corrected chi connectivity index (χ1v) is 5.28. The zero-order valence-corrected chi connectivity index (χ0v) is 8.99. The Bertz CT molecular complexity index is 496. The molecule has 4 heteroatoms. The predicted molar refractivity (Wildman–Crippen MR) is 60.2 cm³/mol. The number of nitrogens with one attached hydrogen (secondary N) is 1. The van der Waals surface area contributed by atoms with Gasteiger partial charge in [-0.3, -0.25) is 0 Å². The van der Waals surface area contributed by atoms with E-state index in [0.717, 1.165) is 17.0 Å². The molecule has 0 aromatic carbocycles. The van der Waals surface area contributed by atoms with E-state index in [1.807, 2.05) is 31.3 Å². The molecule has 0 unspecified atom stereocenters. The van der Waals surface area contributed by atoms with Crippen molar-refractivity contribution in [1.82, 2.24) is 15.0 Å². The largest absolute Gasteiger partial charge is 0.358 e. The van der Waals surface area contributed by atoms with Gasteiger partial charge in [-0.25, -0.2) is 9.97 Å². The van der Waals surface area contributed by atoms with Gasteiger partial charge in [-0.2, -0.15) is 0 Å². The fraction of sp³-hybridized carbons (Fsp3) is 0.455. The van der Waals surface area contributed by atoms with E-state index in [1.54, 1.807) is 0 Å². The zero-order valence-electron chi connectivity index (χ0n) is 8.99. The lowest BCUT2D eigenvalue weighted by molar-refractivity contribution is 0.954. The van der Waals surface area contributed by atoms with Gasteiger partial charge in [0, 0.05) is 26.2 Å². The molecule has 0 radical (unpaired) electrons. The average molecular weight is 202 g/mol. The average Bonchev–Trinajstić information content (AvgIpc) is 2.94. The molecule has 2 aromatic heterocycles. The van der Waals surface area contributed by atoms with Gasteiger partial charge in [0.25, 0.3) is 0 Å². The summed E-state index contributed by atoms with van der Waals surface area (Å²) in [5.41, 5.74) is 3.33. The molecule has 0 bridgehead atoms. The third-order valence-corrected chi connectivity index (χ3v) is 2.79. The standard InChI is InChI=1S/C11H14N4/c1-15(2)11-13-8-5-6-12-10(8)9(14-11)7-3-4-7/h5-7,12H,3-4H2,1-2H3. The second-order valence-electron chi connectivity index (χ2n) is 4.32. The molecule has 1 aliphatic rings. The molecule has 2 heterocycles. The highest BCUT2D eigenvalue weighted by molar-refractivity contribution is 5.79. The van der Waals surface area contributed by atoms with E-state index in [1.165, 1.54) is 18.5 Å². The van der Waals surface area contributed by atoms with E-state index in [9.17, 15) is 0 Å². The van der Waals surface area contributed by atoms with Crippen LogP contribution >= 0.6 is 0 Å². The predicted octanol–water partition coefficient (Wildman–Crippen LogP) is 1.90. The van der Waals surface area contributed by atoms with E-state index < -0.39 is 0 Å². The van der Waals surface area contributed by atoms with Gasteiger partial charge in [0.1, 0.15) is 0 Å². The van der Waals surface area contributed by atoms with Crippen LogP contribution in [0.25, 0.3) is 11.0 Å². The Hall–Kier alpha value is -1.58. The number of aromatic amines is 1. The van der Waals surface area contributed by atoms with Crippen molar-refractivity contribution in [3.8, 4) is 0 Å². The van der Waals surface area contributed by atoms with Crippen molar-refractivity contribution in [2.24, 2.45) is 0 Å². The highest BCUT2D eigenvalue weighted by atomic mass is 15.2. The highest BCUT2D eigenvalue weighted by Crippen LogP contribution is 2.41. The van der Waals surface area contributed by atoms with E-state index >= 15 is 0 Å². The van der Waals surface area contributed by atoms with Gasteiger partial charge in [0.05, 0.1) is 16.7 Å². The van der Waals surface area contributed by atoms with Gasteiger partial charge >= 0.3 is 0 Å². The van der Waals surface area contributed by atoms with E-state index in [0.29, 0.717) is 5.92 Å². The van der Waals surface area contributed by atoms with Crippen molar-refractivity contribution in [3.63, 3.8) is 0 Å². The zero-order chi connectivity index (χ0) is 10.4. The second-order valence-corrected chi connectivity index (χ2v) is 4.32. The molecule has 0 saturated heterocycles. The first kappa shape index (κ1) is 8.71. The summed E-state index contributed by atoms with van der Waals surface area (Å²) in [6.45, 7) is 0. The number of anilines is 1. The summed E-state index contributed by atoms with van der Waals surface area (Å²) in [4.78, 5) is 14.3. The molecule has 0 atom stereocenters. The number of aromatic nitrogens is 3. The minimum absolute atomic E-state index is 0.646. The maximum atomic E-state index is 4.62. The molecule has 3 rings (SSSR count). The highest BCUT2D eigenvalue weighted by Gasteiger charge is 2.28. The van der Waals surface area contributed by atoms with Crippen LogP contribution in [0, 0.1) is 0 Å². The van der Waals surface area contributed by atoms with Gasteiger partial charge in [0.15, 0.2) is 0 Å². The summed E-state index contributed by atoms with van der Waals surface area (Å²) < 4.78 is 0. The quantitative estimate of drug-likeness (QED) is 0.809. The van der Waals surface area contributed by atoms with Crippen LogP contribution in [-0.4, -0.2) is 29.0 Å². The third-order valence-electron chi connectivity index (χ3n) is 2.79. The van der Waals surface area contributed by atoms with Crippen LogP contribution in [0.15, 0.2) is 12.3 Å². The van der Waals surface area contributed by atoms with Gasteiger partial charge in [-0.1, -0.05) is 0 Å². The molecule has 0 amide bonds. The molecule has 0 aliphatic heterocycles. The van der Waals surface area contributed by atoms with Crippen molar-refractivity contribution >= 4 is 17.0 Å². The molecule has 2 aromatic rings. The number of hydrogen-bond acceptors (Lipinski definition) is 3. The van der Waals surface area contributed by atoms with E-state index in [-0.39, 0.29) is 0 Å².